The highest BCUT2D eigenvalue weighted by atomic mass is 16.1. The van der Waals surface area contributed by atoms with Crippen molar-refractivity contribution in [1.82, 2.24) is 0 Å². The summed E-state index contributed by atoms with van der Waals surface area (Å²) in [4.78, 5) is 10.1. The molecule has 0 aromatic rings. The summed E-state index contributed by atoms with van der Waals surface area (Å²) in [6, 6.07) is 0. The number of carbonyl (C=O) groups is 1. The lowest BCUT2D eigenvalue weighted by Crippen LogP contribution is -1.98. The van der Waals surface area contributed by atoms with Gasteiger partial charge in [0.1, 0.15) is 5.78 Å². The molecule has 0 N–H and O–H groups in total. The molecule has 0 aromatic heterocycles. The fourth-order valence-corrected chi connectivity index (χ4v) is 0. The van der Waals surface area contributed by atoms with E-state index in [1.807, 2.05) is 41.5 Å². The number of ketones is 1. The Balaban J connectivity index is -0.0000000385. The van der Waals surface area contributed by atoms with Gasteiger partial charge in [0, 0.05) is 5.92 Å². The summed E-state index contributed by atoms with van der Waals surface area (Å²) in [5.74, 6) is 0.472. The van der Waals surface area contributed by atoms with E-state index in [0.717, 1.165) is 0 Å². The maximum absolute atomic E-state index is 10.1. The Kier molecular flexibility index (Phi) is 79.3. The Morgan fingerprint density at radius 2 is 0.941 bits per heavy atom. The zero-order chi connectivity index (χ0) is 15.3. The first kappa shape index (κ1) is 30.1. The van der Waals surface area contributed by atoms with Gasteiger partial charge in [-0.15, -0.1) is 0 Å². The molecule has 0 bridgehead atoms. The fourth-order valence-electron chi connectivity index (χ4n) is 0. The Labute approximate surface area is 112 Å². The summed E-state index contributed by atoms with van der Waals surface area (Å²) in [6.45, 7) is 22.0. The van der Waals surface area contributed by atoms with Crippen LogP contribution in [0, 0.1) is 5.92 Å². The van der Waals surface area contributed by atoms with Gasteiger partial charge in [-0.3, -0.25) is 4.79 Å². The minimum atomic E-state index is 0.213. The molecule has 0 saturated carbocycles. The predicted octanol–water partition coefficient (Wildman–Crippen LogP) is 6.51. The van der Waals surface area contributed by atoms with Crippen LogP contribution >= 0.6 is 0 Å². The second-order valence-corrected chi connectivity index (χ2v) is 3.47. The van der Waals surface area contributed by atoms with E-state index in [1.165, 1.54) is 19.3 Å². The van der Waals surface area contributed by atoms with Crippen molar-refractivity contribution in [2.75, 3.05) is 0 Å². The van der Waals surface area contributed by atoms with E-state index < -0.39 is 0 Å². The lowest BCUT2D eigenvalue weighted by molar-refractivity contribution is -0.119. The summed E-state index contributed by atoms with van der Waals surface area (Å²) in [6.07, 6.45) is 3.89. The number of unbranched alkanes of at least 4 members (excludes halogenated alkanes) is 1. The highest BCUT2D eigenvalue weighted by Gasteiger charge is 1.95. The first-order valence-electron chi connectivity index (χ1n) is 7.48. The molecule has 0 aliphatic rings. The van der Waals surface area contributed by atoms with Crippen molar-refractivity contribution in [3.05, 3.63) is 0 Å². The van der Waals surface area contributed by atoms with Crippen LogP contribution in [0.5, 0.6) is 0 Å². The number of rotatable bonds is 2. The van der Waals surface area contributed by atoms with Gasteiger partial charge in [0.25, 0.3) is 0 Å². The van der Waals surface area contributed by atoms with Crippen LogP contribution < -0.4 is 0 Å². The summed E-state index contributed by atoms with van der Waals surface area (Å²) in [5.41, 5.74) is 0. The largest absolute Gasteiger partial charge is 0.300 e. The van der Waals surface area contributed by atoms with E-state index in [-0.39, 0.29) is 11.7 Å². The third-order valence-corrected chi connectivity index (χ3v) is 1.31. The minimum absolute atomic E-state index is 0.213. The van der Waals surface area contributed by atoms with Gasteiger partial charge >= 0.3 is 0 Å². The average Bonchev–Trinajstić information content (AvgIpc) is 2.35. The van der Waals surface area contributed by atoms with E-state index in [9.17, 15) is 4.79 Å². The highest BCUT2D eigenvalue weighted by molar-refractivity contribution is 5.77. The van der Waals surface area contributed by atoms with Crippen molar-refractivity contribution >= 4 is 5.78 Å². The predicted molar refractivity (Wildman–Crippen MR) is 84.8 cm³/mol. The SMILES string of the molecule is CC.CC.CC(=O)C(C)C.CCC.CCCC. The smallest absolute Gasteiger partial charge is 0.132 e. The number of hydrogen-bond donors (Lipinski definition) is 0. The maximum Gasteiger partial charge on any atom is 0.132 e. The van der Waals surface area contributed by atoms with Gasteiger partial charge in [-0.05, 0) is 6.92 Å². The third kappa shape index (κ3) is 134. The molecule has 0 radical (unpaired) electrons. The number of Topliss-reactive ketones (excluding diaryl/α,β-unsaturated/α-hetero) is 1. The first-order valence-corrected chi connectivity index (χ1v) is 7.48. The standard InChI is InChI=1S/C5H10O.C4H10.C3H8.2C2H6/c1-4(2)5(3)6;1-3-4-2;1-3-2;2*1-2/h4H,1-3H3;3-4H2,1-2H3;3H2,1-2H3;2*1-2H3. The molecule has 0 aliphatic carbocycles. The normalized spacial score (nSPS) is 6.82. The maximum atomic E-state index is 10.1. The summed E-state index contributed by atoms with van der Waals surface area (Å²) in [7, 11) is 0. The van der Waals surface area contributed by atoms with Crippen LogP contribution in [0.2, 0.25) is 0 Å². The Bertz CT molecular complexity index is 83.5. The Hall–Kier alpha value is -0.330. The quantitative estimate of drug-likeness (QED) is 0.544. The van der Waals surface area contributed by atoms with Gasteiger partial charge in [-0.1, -0.05) is 88.5 Å². The van der Waals surface area contributed by atoms with Crippen LogP contribution in [-0.2, 0) is 4.79 Å². The molecular formula is C16H40O. The van der Waals surface area contributed by atoms with E-state index in [1.54, 1.807) is 6.92 Å². The van der Waals surface area contributed by atoms with E-state index in [2.05, 4.69) is 27.7 Å². The van der Waals surface area contributed by atoms with E-state index in [0.29, 0.717) is 0 Å². The second kappa shape index (κ2) is 44.9. The molecule has 0 aromatic carbocycles. The van der Waals surface area contributed by atoms with Gasteiger partial charge in [0.05, 0.1) is 0 Å². The second-order valence-electron chi connectivity index (χ2n) is 3.47. The topological polar surface area (TPSA) is 17.1 Å². The number of hydrogen-bond acceptors (Lipinski definition) is 1. The Morgan fingerprint density at radius 3 is 0.941 bits per heavy atom. The molecule has 0 spiro atoms. The summed E-state index contributed by atoms with van der Waals surface area (Å²) in [5, 5.41) is 0. The molecule has 1 nitrogen and oxygen atoms in total. The van der Waals surface area contributed by atoms with Crippen LogP contribution in [0.1, 0.15) is 95.4 Å². The molecule has 17 heavy (non-hydrogen) atoms. The summed E-state index contributed by atoms with van der Waals surface area (Å²) >= 11 is 0. The summed E-state index contributed by atoms with van der Waals surface area (Å²) < 4.78 is 0. The van der Waals surface area contributed by atoms with Gasteiger partial charge in [-0.2, -0.15) is 0 Å². The van der Waals surface area contributed by atoms with Gasteiger partial charge in [-0.25, -0.2) is 0 Å². The first-order chi connectivity index (χ1) is 7.97. The molecule has 110 valence electrons. The highest BCUT2D eigenvalue weighted by Crippen LogP contribution is 1.89. The fraction of sp³-hybridized carbons (Fsp3) is 0.938. The zero-order valence-corrected chi connectivity index (χ0v) is 14.6. The molecule has 0 saturated heterocycles. The van der Waals surface area contributed by atoms with Crippen LogP contribution in [0.4, 0.5) is 0 Å². The van der Waals surface area contributed by atoms with Gasteiger partial charge in [0.15, 0.2) is 0 Å². The molecule has 0 amide bonds. The third-order valence-electron chi connectivity index (χ3n) is 1.31. The van der Waals surface area contributed by atoms with Crippen molar-refractivity contribution in [3.8, 4) is 0 Å². The van der Waals surface area contributed by atoms with Crippen LogP contribution in [0.15, 0.2) is 0 Å². The van der Waals surface area contributed by atoms with Crippen molar-refractivity contribution in [2.45, 2.75) is 95.4 Å². The molecular weight excluding hydrogens is 208 g/mol. The number of carbonyl (C=O) groups excluding carboxylic acids is 1. The molecule has 0 fully saturated rings. The Morgan fingerprint density at radius 1 is 0.824 bits per heavy atom. The van der Waals surface area contributed by atoms with Gasteiger partial charge < -0.3 is 0 Å². The molecule has 0 rings (SSSR count). The van der Waals surface area contributed by atoms with E-state index >= 15 is 0 Å². The van der Waals surface area contributed by atoms with Crippen molar-refractivity contribution in [3.63, 3.8) is 0 Å². The van der Waals surface area contributed by atoms with Crippen molar-refractivity contribution < 1.29 is 4.79 Å². The minimum Gasteiger partial charge on any atom is -0.300 e. The molecule has 0 heterocycles. The van der Waals surface area contributed by atoms with Crippen LogP contribution in [0.25, 0.3) is 0 Å². The monoisotopic (exact) mass is 248 g/mol. The lowest BCUT2D eigenvalue weighted by atomic mass is 10.1. The molecule has 0 unspecified atom stereocenters. The van der Waals surface area contributed by atoms with Crippen molar-refractivity contribution in [2.24, 2.45) is 5.92 Å². The lowest BCUT2D eigenvalue weighted by Gasteiger charge is -1.90. The molecule has 0 aliphatic heterocycles. The molecule has 1 heteroatoms. The molecule has 0 atom stereocenters. The van der Waals surface area contributed by atoms with Crippen LogP contribution in [0.3, 0.4) is 0 Å². The zero-order valence-electron chi connectivity index (χ0n) is 14.6. The average molecular weight is 248 g/mol. The van der Waals surface area contributed by atoms with E-state index in [4.69, 9.17) is 0 Å². The van der Waals surface area contributed by atoms with Crippen LogP contribution in [-0.4, -0.2) is 5.78 Å². The van der Waals surface area contributed by atoms with Crippen molar-refractivity contribution in [1.29, 1.82) is 0 Å². The van der Waals surface area contributed by atoms with Gasteiger partial charge in [0.2, 0.25) is 0 Å².